The lowest BCUT2D eigenvalue weighted by Crippen LogP contribution is -2.46. The molecule has 0 saturated carbocycles. The molecule has 7 nitrogen and oxygen atoms in total. The predicted octanol–water partition coefficient (Wildman–Crippen LogP) is 4.41. The number of oxazole rings is 1. The molecule has 0 radical (unpaired) electrons. The molecule has 164 valence electrons. The quantitative estimate of drug-likeness (QED) is 0.446. The van der Waals surface area contributed by atoms with Gasteiger partial charge < -0.3 is 8.94 Å². The Morgan fingerprint density at radius 1 is 0.938 bits per heavy atom. The van der Waals surface area contributed by atoms with Crippen LogP contribution in [-0.4, -0.2) is 51.1 Å². The van der Waals surface area contributed by atoms with Gasteiger partial charge >= 0.3 is 0 Å². The monoisotopic (exact) mass is 433 g/mol. The molecule has 0 amide bonds. The normalized spacial score (nSPS) is 16.3. The maximum Gasteiger partial charge on any atom is 0.244 e. The molecule has 2 aromatic heterocycles. The molecular formula is C24H24FN5O2. The summed E-state index contributed by atoms with van der Waals surface area (Å²) in [5.74, 6) is 1.49. The Balaban J connectivity index is 1.16. The van der Waals surface area contributed by atoms with Crippen molar-refractivity contribution in [2.45, 2.75) is 19.5 Å². The fraction of sp³-hybridized carbons (Fsp3) is 0.292. The van der Waals surface area contributed by atoms with Gasteiger partial charge in [-0.2, -0.15) is 4.98 Å². The maximum atomic E-state index is 13.1. The van der Waals surface area contributed by atoms with Gasteiger partial charge in [-0.1, -0.05) is 35.5 Å². The van der Waals surface area contributed by atoms with E-state index in [2.05, 4.69) is 31.8 Å². The smallest absolute Gasteiger partial charge is 0.244 e. The van der Waals surface area contributed by atoms with Gasteiger partial charge in [0.1, 0.15) is 12.1 Å². The Kier molecular flexibility index (Phi) is 5.79. The SMILES string of the molecule is CC(c1nc(-c2ccccc2)no1)N1CCN(Cc2coc(-c3ccc(F)cc3)n2)CC1. The molecule has 5 rings (SSSR count). The molecule has 1 atom stereocenters. The zero-order chi connectivity index (χ0) is 21.9. The fourth-order valence-electron chi connectivity index (χ4n) is 3.91. The minimum atomic E-state index is -0.274. The zero-order valence-electron chi connectivity index (χ0n) is 17.8. The second-order valence-corrected chi connectivity index (χ2v) is 7.96. The van der Waals surface area contributed by atoms with E-state index in [1.54, 1.807) is 18.4 Å². The van der Waals surface area contributed by atoms with Crippen molar-refractivity contribution in [3.8, 4) is 22.8 Å². The summed E-state index contributed by atoms with van der Waals surface area (Å²) in [5, 5.41) is 4.14. The lowest BCUT2D eigenvalue weighted by Gasteiger charge is -2.36. The van der Waals surface area contributed by atoms with Crippen molar-refractivity contribution in [1.82, 2.24) is 24.9 Å². The van der Waals surface area contributed by atoms with E-state index in [4.69, 9.17) is 8.94 Å². The molecule has 32 heavy (non-hydrogen) atoms. The van der Waals surface area contributed by atoms with E-state index in [1.807, 2.05) is 30.3 Å². The number of rotatable bonds is 6. The van der Waals surface area contributed by atoms with Crippen LogP contribution in [-0.2, 0) is 6.54 Å². The van der Waals surface area contributed by atoms with Crippen molar-refractivity contribution < 1.29 is 13.3 Å². The van der Waals surface area contributed by atoms with Crippen LogP contribution in [0.5, 0.6) is 0 Å². The molecule has 1 fully saturated rings. The van der Waals surface area contributed by atoms with E-state index in [9.17, 15) is 4.39 Å². The van der Waals surface area contributed by atoms with E-state index in [0.29, 0.717) is 24.2 Å². The van der Waals surface area contributed by atoms with Crippen LogP contribution in [0, 0.1) is 5.82 Å². The highest BCUT2D eigenvalue weighted by molar-refractivity contribution is 5.54. The second-order valence-electron chi connectivity index (χ2n) is 7.96. The van der Waals surface area contributed by atoms with Crippen LogP contribution in [0.1, 0.15) is 24.6 Å². The van der Waals surface area contributed by atoms with Crippen molar-refractivity contribution in [3.05, 3.63) is 78.3 Å². The van der Waals surface area contributed by atoms with Crippen LogP contribution >= 0.6 is 0 Å². The Hall–Kier alpha value is -3.36. The van der Waals surface area contributed by atoms with Crippen LogP contribution in [0.25, 0.3) is 22.8 Å². The summed E-state index contributed by atoms with van der Waals surface area (Å²) in [6.45, 7) is 6.42. The Labute approximate surface area is 185 Å². The number of hydrogen-bond acceptors (Lipinski definition) is 7. The zero-order valence-corrected chi connectivity index (χ0v) is 17.8. The third kappa shape index (κ3) is 4.46. The van der Waals surface area contributed by atoms with E-state index in [1.165, 1.54) is 12.1 Å². The first-order chi connectivity index (χ1) is 15.7. The summed E-state index contributed by atoms with van der Waals surface area (Å²) in [5.41, 5.74) is 2.59. The van der Waals surface area contributed by atoms with Gasteiger partial charge in [0.2, 0.25) is 17.6 Å². The first kappa shape index (κ1) is 20.5. The Morgan fingerprint density at radius 3 is 2.44 bits per heavy atom. The molecule has 8 heteroatoms. The first-order valence-electron chi connectivity index (χ1n) is 10.7. The minimum absolute atomic E-state index is 0.0549. The van der Waals surface area contributed by atoms with Crippen molar-refractivity contribution in [1.29, 1.82) is 0 Å². The average molecular weight is 433 g/mol. The molecule has 3 heterocycles. The summed E-state index contributed by atoms with van der Waals surface area (Å²) in [6, 6.07) is 16.1. The predicted molar refractivity (Wildman–Crippen MR) is 117 cm³/mol. The summed E-state index contributed by atoms with van der Waals surface area (Å²) >= 11 is 0. The molecule has 1 unspecified atom stereocenters. The Morgan fingerprint density at radius 2 is 1.69 bits per heavy atom. The summed E-state index contributed by atoms with van der Waals surface area (Å²) < 4.78 is 24.3. The standard InChI is InChI=1S/C24H24FN5O2/c1-17(23-27-22(28-32-23)18-5-3-2-4-6-18)30-13-11-29(12-14-30)15-21-16-31-24(26-21)19-7-9-20(25)10-8-19/h2-10,16-17H,11-15H2,1H3. The third-order valence-electron chi connectivity index (χ3n) is 5.81. The molecule has 0 spiro atoms. The van der Waals surface area contributed by atoms with Crippen LogP contribution in [0.2, 0.25) is 0 Å². The lowest BCUT2D eigenvalue weighted by atomic mass is 10.2. The second kappa shape index (κ2) is 9.02. The fourth-order valence-corrected chi connectivity index (χ4v) is 3.91. The van der Waals surface area contributed by atoms with Gasteiger partial charge in [-0.3, -0.25) is 9.80 Å². The highest BCUT2D eigenvalue weighted by atomic mass is 19.1. The minimum Gasteiger partial charge on any atom is -0.444 e. The van der Waals surface area contributed by atoms with Gasteiger partial charge in [-0.25, -0.2) is 9.37 Å². The number of piperazine rings is 1. The van der Waals surface area contributed by atoms with Gasteiger partial charge in [-0.15, -0.1) is 0 Å². The maximum absolute atomic E-state index is 13.1. The van der Waals surface area contributed by atoms with Gasteiger partial charge in [0.15, 0.2) is 0 Å². The largest absolute Gasteiger partial charge is 0.444 e. The van der Waals surface area contributed by atoms with Crippen LogP contribution in [0.15, 0.2) is 69.8 Å². The number of nitrogens with zero attached hydrogens (tertiary/aromatic N) is 5. The molecule has 2 aromatic carbocycles. The molecular weight excluding hydrogens is 409 g/mol. The lowest BCUT2D eigenvalue weighted by molar-refractivity contribution is 0.0838. The van der Waals surface area contributed by atoms with E-state index in [0.717, 1.165) is 43.0 Å². The van der Waals surface area contributed by atoms with Crippen molar-refractivity contribution in [3.63, 3.8) is 0 Å². The molecule has 1 saturated heterocycles. The van der Waals surface area contributed by atoms with Crippen molar-refractivity contribution >= 4 is 0 Å². The molecule has 0 bridgehead atoms. The van der Waals surface area contributed by atoms with E-state index >= 15 is 0 Å². The number of benzene rings is 2. The van der Waals surface area contributed by atoms with Gasteiger partial charge in [0, 0.05) is 43.9 Å². The summed E-state index contributed by atoms with van der Waals surface area (Å²) in [6.07, 6.45) is 1.68. The molecule has 4 aromatic rings. The van der Waals surface area contributed by atoms with Gasteiger partial charge in [-0.05, 0) is 31.2 Å². The summed E-state index contributed by atoms with van der Waals surface area (Å²) in [4.78, 5) is 13.9. The summed E-state index contributed by atoms with van der Waals surface area (Å²) in [7, 11) is 0. The van der Waals surface area contributed by atoms with Crippen molar-refractivity contribution in [2.75, 3.05) is 26.2 Å². The van der Waals surface area contributed by atoms with Crippen LogP contribution in [0.3, 0.4) is 0 Å². The topological polar surface area (TPSA) is 71.4 Å². The van der Waals surface area contributed by atoms with Crippen LogP contribution < -0.4 is 0 Å². The van der Waals surface area contributed by atoms with Crippen LogP contribution in [0.4, 0.5) is 4.39 Å². The van der Waals surface area contributed by atoms with Gasteiger partial charge in [0.25, 0.3) is 0 Å². The molecule has 1 aliphatic heterocycles. The van der Waals surface area contributed by atoms with E-state index in [-0.39, 0.29) is 11.9 Å². The molecule has 0 aliphatic carbocycles. The van der Waals surface area contributed by atoms with Crippen molar-refractivity contribution in [2.24, 2.45) is 0 Å². The molecule has 0 N–H and O–H groups in total. The highest BCUT2D eigenvalue weighted by Crippen LogP contribution is 2.24. The Bertz CT molecular complexity index is 1150. The first-order valence-corrected chi connectivity index (χ1v) is 10.7. The average Bonchev–Trinajstić information content (AvgIpc) is 3.51. The number of halogens is 1. The highest BCUT2D eigenvalue weighted by Gasteiger charge is 2.26. The number of hydrogen-bond donors (Lipinski definition) is 0. The van der Waals surface area contributed by atoms with Gasteiger partial charge in [0.05, 0.1) is 11.7 Å². The number of aromatic nitrogens is 3. The molecule has 1 aliphatic rings. The van der Waals surface area contributed by atoms with E-state index < -0.39 is 0 Å². The third-order valence-corrected chi connectivity index (χ3v) is 5.81.